The van der Waals surface area contributed by atoms with Crippen LogP contribution in [0.5, 0.6) is 0 Å². The number of hydrogen-bond acceptors (Lipinski definition) is 2. The van der Waals surface area contributed by atoms with Gasteiger partial charge >= 0.3 is 0 Å². The first-order chi connectivity index (χ1) is 9.08. The largest absolute Gasteiger partial charge is 0.334 e. The minimum Gasteiger partial charge on any atom is -0.334 e. The lowest BCUT2D eigenvalue weighted by Crippen LogP contribution is -2.45. The lowest BCUT2D eigenvalue weighted by Gasteiger charge is -2.33. The van der Waals surface area contributed by atoms with E-state index in [1.807, 2.05) is 4.90 Å². The van der Waals surface area contributed by atoms with Gasteiger partial charge < -0.3 is 10.2 Å². The molecule has 1 amide bonds. The SMILES string of the molecule is CC(C)C1CNCCC(=O)N1Cc1ccc(F)cc1. The molecular formula is C15H21FN2O. The van der Waals surface area contributed by atoms with Crippen molar-refractivity contribution in [3.63, 3.8) is 0 Å². The van der Waals surface area contributed by atoms with Crippen LogP contribution >= 0.6 is 0 Å². The molecule has 1 aliphatic rings. The second-order valence-electron chi connectivity index (χ2n) is 5.41. The maximum Gasteiger partial charge on any atom is 0.224 e. The highest BCUT2D eigenvalue weighted by Gasteiger charge is 2.28. The summed E-state index contributed by atoms with van der Waals surface area (Å²) < 4.78 is 12.9. The molecule has 0 aliphatic carbocycles. The molecule has 1 aromatic rings. The summed E-state index contributed by atoms with van der Waals surface area (Å²) in [5.74, 6) is 0.330. The maximum absolute atomic E-state index is 12.9. The molecule has 0 aromatic heterocycles. The molecule has 1 heterocycles. The first-order valence-corrected chi connectivity index (χ1v) is 6.82. The van der Waals surface area contributed by atoms with Crippen LogP contribution in [0.4, 0.5) is 4.39 Å². The molecular weight excluding hydrogens is 243 g/mol. The van der Waals surface area contributed by atoms with Gasteiger partial charge in [-0.2, -0.15) is 0 Å². The van der Waals surface area contributed by atoms with E-state index in [0.717, 1.165) is 18.7 Å². The molecule has 104 valence electrons. The summed E-state index contributed by atoms with van der Waals surface area (Å²) in [6, 6.07) is 6.58. The quantitative estimate of drug-likeness (QED) is 0.907. The second-order valence-corrected chi connectivity index (χ2v) is 5.41. The Bertz CT molecular complexity index is 430. The van der Waals surface area contributed by atoms with Crippen molar-refractivity contribution >= 4 is 5.91 Å². The van der Waals surface area contributed by atoms with Gasteiger partial charge in [0.25, 0.3) is 0 Å². The Hall–Kier alpha value is -1.42. The zero-order chi connectivity index (χ0) is 13.8. The Labute approximate surface area is 113 Å². The predicted octanol–water partition coefficient (Wildman–Crippen LogP) is 2.17. The third-order valence-corrected chi connectivity index (χ3v) is 3.63. The number of amides is 1. The molecule has 1 saturated heterocycles. The fourth-order valence-electron chi connectivity index (χ4n) is 2.47. The zero-order valence-electron chi connectivity index (χ0n) is 11.5. The summed E-state index contributed by atoms with van der Waals surface area (Å²) in [6.45, 7) is 6.38. The van der Waals surface area contributed by atoms with Gasteiger partial charge in [0, 0.05) is 32.1 Å². The van der Waals surface area contributed by atoms with Crippen molar-refractivity contribution in [1.82, 2.24) is 10.2 Å². The van der Waals surface area contributed by atoms with Crippen LogP contribution in [0.3, 0.4) is 0 Å². The minimum atomic E-state index is -0.243. The number of rotatable bonds is 3. The van der Waals surface area contributed by atoms with E-state index in [4.69, 9.17) is 0 Å². The third kappa shape index (κ3) is 3.53. The van der Waals surface area contributed by atoms with Gasteiger partial charge in [0.1, 0.15) is 5.82 Å². The van der Waals surface area contributed by atoms with Crippen molar-refractivity contribution < 1.29 is 9.18 Å². The Morgan fingerprint density at radius 2 is 2.05 bits per heavy atom. The number of carbonyl (C=O) groups is 1. The van der Waals surface area contributed by atoms with Crippen LogP contribution in [0.2, 0.25) is 0 Å². The first kappa shape index (κ1) is 14.0. The van der Waals surface area contributed by atoms with E-state index in [0.29, 0.717) is 18.9 Å². The molecule has 0 spiro atoms. The molecule has 1 aromatic carbocycles. The molecule has 2 rings (SSSR count). The zero-order valence-corrected chi connectivity index (χ0v) is 11.5. The molecule has 1 unspecified atom stereocenters. The summed E-state index contributed by atoms with van der Waals surface area (Å²) in [4.78, 5) is 14.1. The Morgan fingerprint density at radius 3 is 2.68 bits per heavy atom. The van der Waals surface area contributed by atoms with Gasteiger partial charge in [-0.25, -0.2) is 4.39 Å². The van der Waals surface area contributed by atoms with Crippen molar-refractivity contribution in [1.29, 1.82) is 0 Å². The summed E-state index contributed by atoms with van der Waals surface area (Å²) in [5, 5.41) is 3.31. The topological polar surface area (TPSA) is 32.3 Å². The first-order valence-electron chi connectivity index (χ1n) is 6.82. The molecule has 0 radical (unpaired) electrons. The smallest absolute Gasteiger partial charge is 0.224 e. The van der Waals surface area contributed by atoms with Crippen molar-refractivity contribution in [3.8, 4) is 0 Å². The van der Waals surface area contributed by atoms with E-state index in [1.165, 1.54) is 12.1 Å². The van der Waals surface area contributed by atoms with Crippen molar-refractivity contribution in [3.05, 3.63) is 35.6 Å². The summed E-state index contributed by atoms with van der Waals surface area (Å²) in [6.07, 6.45) is 0.532. The van der Waals surface area contributed by atoms with Crippen molar-refractivity contribution in [2.75, 3.05) is 13.1 Å². The highest BCUT2D eigenvalue weighted by atomic mass is 19.1. The summed E-state index contributed by atoms with van der Waals surface area (Å²) in [5.41, 5.74) is 0.974. The molecule has 19 heavy (non-hydrogen) atoms. The molecule has 1 atom stereocenters. The maximum atomic E-state index is 12.9. The van der Waals surface area contributed by atoms with Crippen LogP contribution in [0.25, 0.3) is 0 Å². The Balaban J connectivity index is 2.16. The average molecular weight is 264 g/mol. The van der Waals surface area contributed by atoms with Gasteiger partial charge in [-0.1, -0.05) is 26.0 Å². The van der Waals surface area contributed by atoms with E-state index < -0.39 is 0 Å². The van der Waals surface area contributed by atoms with Crippen LogP contribution < -0.4 is 5.32 Å². The Kier molecular flexibility index (Phi) is 4.53. The summed E-state index contributed by atoms with van der Waals surface area (Å²) in [7, 11) is 0. The van der Waals surface area contributed by atoms with E-state index in [1.54, 1.807) is 12.1 Å². The molecule has 3 nitrogen and oxygen atoms in total. The van der Waals surface area contributed by atoms with Gasteiger partial charge in [-0.05, 0) is 23.6 Å². The summed E-state index contributed by atoms with van der Waals surface area (Å²) >= 11 is 0. The number of nitrogens with one attached hydrogen (secondary N) is 1. The highest BCUT2D eigenvalue weighted by molar-refractivity contribution is 5.77. The molecule has 1 N–H and O–H groups in total. The predicted molar refractivity (Wildman–Crippen MR) is 73.1 cm³/mol. The van der Waals surface area contributed by atoms with E-state index in [9.17, 15) is 9.18 Å². The van der Waals surface area contributed by atoms with Crippen LogP contribution in [-0.2, 0) is 11.3 Å². The van der Waals surface area contributed by atoms with E-state index >= 15 is 0 Å². The fourth-order valence-corrected chi connectivity index (χ4v) is 2.47. The second kappa shape index (κ2) is 6.15. The molecule has 0 saturated carbocycles. The number of nitrogens with zero attached hydrogens (tertiary/aromatic N) is 1. The van der Waals surface area contributed by atoms with E-state index in [2.05, 4.69) is 19.2 Å². The number of hydrogen-bond donors (Lipinski definition) is 1. The Morgan fingerprint density at radius 1 is 1.37 bits per heavy atom. The molecule has 1 fully saturated rings. The fraction of sp³-hybridized carbons (Fsp3) is 0.533. The lowest BCUT2D eigenvalue weighted by molar-refractivity contribution is -0.134. The number of carbonyl (C=O) groups excluding carboxylic acids is 1. The van der Waals surface area contributed by atoms with Crippen LogP contribution in [-0.4, -0.2) is 29.9 Å². The number of benzene rings is 1. The van der Waals surface area contributed by atoms with Crippen LogP contribution in [0.15, 0.2) is 24.3 Å². The standard InChI is InChI=1S/C15H21FN2O/c1-11(2)14-9-17-8-7-15(19)18(14)10-12-3-5-13(16)6-4-12/h3-6,11,14,17H,7-10H2,1-2H3. The third-order valence-electron chi connectivity index (χ3n) is 3.63. The van der Waals surface area contributed by atoms with Gasteiger partial charge in [-0.15, -0.1) is 0 Å². The monoisotopic (exact) mass is 264 g/mol. The van der Waals surface area contributed by atoms with E-state index in [-0.39, 0.29) is 17.8 Å². The van der Waals surface area contributed by atoms with Gasteiger partial charge in [0.05, 0.1) is 0 Å². The molecule has 4 heteroatoms. The normalized spacial score (nSPS) is 20.7. The molecule has 1 aliphatic heterocycles. The van der Waals surface area contributed by atoms with Gasteiger partial charge in [-0.3, -0.25) is 4.79 Å². The van der Waals surface area contributed by atoms with Crippen LogP contribution in [0, 0.1) is 11.7 Å². The minimum absolute atomic E-state index is 0.174. The van der Waals surface area contributed by atoms with Gasteiger partial charge in [0.2, 0.25) is 5.91 Å². The number of halogens is 1. The van der Waals surface area contributed by atoms with Crippen molar-refractivity contribution in [2.24, 2.45) is 5.92 Å². The van der Waals surface area contributed by atoms with Crippen molar-refractivity contribution in [2.45, 2.75) is 32.9 Å². The van der Waals surface area contributed by atoms with Crippen LogP contribution in [0.1, 0.15) is 25.8 Å². The lowest BCUT2D eigenvalue weighted by atomic mass is 10.0. The average Bonchev–Trinajstić information content (AvgIpc) is 2.55. The van der Waals surface area contributed by atoms with Gasteiger partial charge in [0.15, 0.2) is 0 Å². The molecule has 0 bridgehead atoms. The highest BCUT2D eigenvalue weighted by Crippen LogP contribution is 2.18.